The second-order valence-electron chi connectivity index (χ2n) is 6.20. The van der Waals surface area contributed by atoms with Crippen LogP contribution in [0, 0.1) is 5.92 Å². The molecule has 1 amide bonds. The summed E-state index contributed by atoms with van der Waals surface area (Å²) in [5, 5.41) is 12.3. The summed E-state index contributed by atoms with van der Waals surface area (Å²) in [4.78, 5) is 11.0. The average Bonchev–Trinajstić information content (AvgIpc) is 3.31. The fourth-order valence-corrected chi connectivity index (χ4v) is 3.00. The second kappa shape index (κ2) is 8.51. The first-order valence-electron chi connectivity index (χ1n) is 8.38. The van der Waals surface area contributed by atoms with Crippen molar-refractivity contribution in [2.24, 2.45) is 5.92 Å². The summed E-state index contributed by atoms with van der Waals surface area (Å²) in [7, 11) is 0. The van der Waals surface area contributed by atoms with E-state index in [1.165, 1.54) is 31.1 Å². The lowest BCUT2D eigenvalue weighted by atomic mass is 10.3. The highest BCUT2D eigenvalue weighted by molar-refractivity contribution is 7.13. The van der Waals surface area contributed by atoms with E-state index < -0.39 is 0 Å². The summed E-state index contributed by atoms with van der Waals surface area (Å²) >= 11 is 7.56. The molecule has 8 heteroatoms. The molecule has 1 fully saturated rings. The number of ether oxygens (including phenoxy) is 2. The molecular weight excluding hydrogens is 374 g/mol. The van der Waals surface area contributed by atoms with Gasteiger partial charge in [-0.15, -0.1) is 5.10 Å². The molecule has 1 aromatic heterocycles. The van der Waals surface area contributed by atoms with Crippen molar-refractivity contribution in [1.29, 1.82) is 0 Å². The molecule has 0 aliphatic heterocycles. The van der Waals surface area contributed by atoms with Crippen molar-refractivity contribution < 1.29 is 14.3 Å². The largest absolute Gasteiger partial charge is 0.493 e. The van der Waals surface area contributed by atoms with E-state index in [1.807, 2.05) is 19.1 Å². The number of hydrogen-bond donors (Lipinski definition) is 1. The quantitative estimate of drug-likeness (QED) is 0.723. The van der Waals surface area contributed by atoms with Crippen molar-refractivity contribution >= 4 is 34.9 Å². The van der Waals surface area contributed by atoms with E-state index in [0.717, 1.165) is 12.4 Å². The number of rotatable bonds is 8. The maximum absolute atomic E-state index is 11.0. The molecule has 1 saturated carbocycles. The number of amides is 1. The van der Waals surface area contributed by atoms with Gasteiger partial charge in [-0.2, -0.15) is 0 Å². The average molecular weight is 394 g/mol. The van der Waals surface area contributed by atoms with E-state index in [9.17, 15) is 4.79 Å². The second-order valence-corrected chi connectivity index (χ2v) is 7.58. The molecule has 26 heavy (non-hydrogen) atoms. The first kappa shape index (κ1) is 18.7. The zero-order valence-corrected chi connectivity index (χ0v) is 16.1. The molecule has 2 aromatic rings. The molecule has 1 aliphatic rings. The van der Waals surface area contributed by atoms with Gasteiger partial charge in [-0.25, -0.2) is 0 Å². The van der Waals surface area contributed by atoms with Crippen molar-refractivity contribution in [3.63, 3.8) is 0 Å². The summed E-state index contributed by atoms with van der Waals surface area (Å²) in [5.74, 6) is 1.85. The Hall–Kier alpha value is -2.12. The van der Waals surface area contributed by atoms with Crippen molar-refractivity contribution in [2.75, 3.05) is 6.61 Å². The Labute approximate surface area is 161 Å². The monoisotopic (exact) mass is 393 g/mol. The molecule has 0 unspecified atom stereocenters. The molecule has 3 rings (SSSR count). The fourth-order valence-electron chi connectivity index (χ4n) is 2.17. The Kier molecular flexibility index (Phi) is 6.11. The van der Waals surface area contributed by atoms with E-state index in [4.69, 9.17) is 21.1 Å². The number of benzene rings is 1. The van der Waals surface area contributed by atoms with Crippen LogP contribution in [0.2, 0.25) is 5.02 Å². The number of aromatic nitrogens is 2. The Bertz CT molecular complexity index is 805. The lowest BCUT2D eigenvalue weighted by Crippen LogP contribution is -2.28. The maximum Gasteiger partial charge on any atom is 0.299 e. The third-order valence-corrected chi connectivity index (χ3v) is 4.73. The predicted octanol–water partition coefficient (Wildman–Crippen LogP) is 4.31. The van der Waals surface area contributed by atoms with Crippen molar-refractivity contribution in [2.45, 2.75) is 32.7 Å². The molecule has 6 nitrogen and oxygen atoms in total. The normalized spacial score (nSPS) is 15.0. The lowest BCUT2D eigenvalue weighted by molar-refractivity contribution is -0.119. The number of carbonyl (C=O) groups excluding carboxylic acids is 1. The van der Waals surface area contributed by atoms with E-state index in [2.05, 4.69) is 15.5 Å². The summed E-state index contributed by atoms with van der Waals surface area (Å²) in [6.45, 7) is 4.09. The van der Waals surface area contributed by atoms with Gasteiger partial charge in [0.15, 0.2) is 0 Å². The molecule has 0 radical (unpaired) electrons. The number of nitrogens with one attached hydrogen (secondary N) is 1. The van der Waals surface area contributed by atoms with Gasteiger partial charge in [-0.3, -0.25) is 4.79 Å². The molecule has 1 atom stereocenters. The van der Waals surface area contributed by atoms with Crippen LogP contribution in [-0.2, 0) is 4.79 Å². The van der Waals surface area contributed by atoms with Gasteiger partial charge in [0, 0.05) is 19.0 Å². The molecule has 0 spiro atoms. The van der Waals surface area contributed by atoms with Crippen LogP contribution in [0.4, 0.5) is 0 Å². The maximum atomic E-state index is 11.0. The van der Waals surface area contributed by atoms with Crippen molar-refractivity contribution in [3.05, 3.63) is 34.3 Å². The smallest absolute Gasteiger partial charge is 0.299 e. The van der Waals surface area contributed by atoms with Gasteiger partial charge in [-0.1, -0.05) is 34.1 Å². The highest BCUT2D eigenvalue weighted by Gasteiger charge is 2.22. The summed E-state index contributed by atoms with van der Waals surface area (Å²) in [5.41, 5.74) is 0. The van der Waals surface area contributed by atoms with Gasteiger partial charge in [0.2, 0.25) is 5.91 Å². The zero-order valence-electron chi connectivity index (χ0n) is 14.6. The predicted molar refractivity (Wildman–Crippen MR) is 102 cm³/mol. The van der Waals surface area contributed by atoms with Gasteiger partial charge in [-0.05, 0) is 43.9 Å². The first-order chi connectivity index (χ1) is 12.5. The van der Waals surface area contributed by atoms with E-state index >= 15 is 0 Å². The van der Waals surface area contributed by atoms with Crippen molar-refractivity contribution in [3.8, 4) is 16.7 Å². The third kappa shape index (κ3) is 5.71. The molecular formula is C18H20ClN3O3S. The SMILES string of the molecule is CC(=O)N[C@@H](C)/C=C/c1nnc(Oc2ccc(OCC3CC3)cc2Cl)s1. The Morgan fingerprint density at radius 1 is 1.46 bits per heavy atom. The number of nitrogens with zero attached hydrogens (tertiary/aromatic N) is 2. The van der Waals surface area contributed by atoms with Crippen LogP contribution in [0.25, 0.3) is 6.08 Å². The van der Waals surface area contributed by atoms with Gasteiger partial charge >= 0.3 is 0 Å². The molecule has 1 N–H and O–H groups in total. The van der Waals surface area contributed by atoms with Crippen LogP contribution in [0.15, 0.2) is 24.3 Å². The van der Waals surface area contributed by atoms with E-state index in [-0.39, 0.29) is 11.9 Å². The van der Waals surface area contributed by atoms with Crippen LogP contribution in [0.1, 0.15) is 31.7 Å². The highest BCUT2D eigenvalue weighted by atomic mass is 35.5. The van der Waals surface area contributed by atoms with Gasteiger partial charge in [0.25, 0.3) is 5.19 Å². The Morgan fingerprint density at radius 2 is 2.27 bits per heavy atom. The van der Waals surface area contributed by atoms with Gasteiger partial charge in [0.05, 0.1) is 11.6 Å². The molecule has 1 aliphatic carbocycles. The molecule has 1 heterocycles. The Morgan fingerprint density at radius 3 is 2.96 bits per heavy atom. The molecule has 0 bridgehead atoms. The van der Waals surface area contributed by atoms with Crippen LogP contribution in [0.3, 0.4) is 0 Å². The minimum atomic E-state index is -0.0848. The van der Waals surface area contributed by atoms with Crippen LogP contribution in [-0.4, -0.2) is 28.8 Å². The van der Waals surface area contributed by atoms with Crippen LogP contribution in [0.5, 0.6) is 16.7 Å². The highest BCUT2D eigenvalue weighted by Crippen LogP contribution is 2.35. The van der Waals surface area contributed by atoms with Crippen LogP contribution < -0.4 is 14.8 Å². The summed E-state index contributed by atoms with van der Waals surface area (Å²) < 4.78 is 11.4. The Balaban J connectivity index is 1.57. The first-order valence-corrected chi connectivity index (χ1v) is 9.58. The molecule has 138 valence electrons. The standard InChI is InChI=1S/C18H20ClN3O3S/c1-11(20-12(2)23)3-8-17-21-22-18(26-17)25-16-7-6-14(9-15(16)19)24-10-13-4-5-13/h3,6-9,11,13H,4-5,10H2,1-2H3,(H,20,23)/b8-3+/t11-/m0/s1. The fraction of sp³-hybridized carbons (Fsp3) is 0.389. The molecule has 1 aromatic carbocycles. The van der Waals surface area contributed by atoms with Crippen LogP contribution >= 0.6 is 22.9 Å². The topological polar surface area (TPSA) is 73.3 Å². The lowest BCUT2D eigenvalue weighted by Gasteiger charge is -2.08. The number of carbonyl (C=O) groups is 1. The van der Waals surface area contributed by atoms with Gasteiger partial charge < -0.3 is 14.8 Å². The third-order valence-electron chi connectivity index (χ3n) is 3.66. The van der Waals surface area contributed by atoms with Crippen molar-refractivity contribution in [1.82, 2.24) is 15.5 Å². The van der Waals surface area contributed by atoms with E-state index in [1.54, 1.807) is 18.2 Å². The molecule has 0 saturated heterocycles. The summed E-state index contributed by atoms with van der Waals surface area (Å²) in [6, 6.07) is 5.26. The number of halogens is 1. The zero-order chi connectivity index (χ0) is 18.5. The van der Waals surface area contributed by atoms with Gasteiger partial charge in [0.1, 0.15) is 16.5 Å². The van der Waals surface area contributed by atoms with E-state index in [0.29, 0.717) is 26.9 Å². The minimum absolute atomic E-state index is 0.0809. The summed E-state index contributed by atoms with van der Waals surface area (Å²) in [6.07, 6.45) is 6.12. The number of hydrogen-bond acceptors (Lipinski definition) is 6. The minimum Gasteiger partial charge on any atom is -0.493 e.